The summed E-state index contributed by atoms with van der Waals surface area (Å²) in [5.74, 6) is -0.325. The van der Waals surface area contributed by atoms with Crippen LogP contribution >= 0.6 is 0 Å². The van der Waals surface area contributed by atoms with Crippen LogP contribution in [0.3, 0.4) is 0 Å². The molecule has 1 aromatic carbocycles. The van der Waals surface area contributed by atoms with Gasteiger partial charge in [-0.3, -0.25) is 0 Å². The molecule has 0 radical (unpaired) electrons. The van der Waals surface area contributed by atoms with E-state index in [9.17, 15) is 4.79 Å². The lowest BCUT2D eigenvalue weighted by molar-refractivity contribution is 0.0601. The SMILES string of the molecule is CCn1cc(C(=O)OC)c(-c2ccc(N)cc2)c1. The molecule has 0 aliphatic carbocycles. The van der Waals surface area contributed by atoms with Crippen molar-refractivity contribution in [1.29, 1.82) is 0 Å². The smallest absolute Gasteiger partial charge is 0.340 e. The summed E-state index contributed by atoms with van der Waals surface area (Å²) in [6.07, 6.45) is 3.75. The van der Waals surface area contributed by atoms with Gasteiger partial charge in [-0.05, 0) is 24.6 Å². The lowest BCUT2D eigenvalue weighted by Gasteiger charge is -2.02. The number of hydrogen-bond donors (Lipinski definition) is 1. The Hall–Kier alpha value is -2.23. The molecule has 94 valence electrons. The fraction of sp³-hybridized carbons (Fsp3) is 0.214. The number of ether oxygens (including phenoxy) is 1. The number of carbonyl (C=O) groups excluding carboxylic acids is 1. The van der Waals surface area contributed by atoms with Crippen LogP contribution < -0.4 is 5.73 Å². The second-order valence-electron chi connectivity index (χ2n) is 4.03. The maximum absolute atomic E-state index is 11.7. The van der Waals surface area contributed by atoms with Crippen LogP contribution in [0, 0.1) is 0 Å². The molecular weight excluding hydrogens is 228 g/mol. The number of aryl methyl sites for hydroxylation is 1. The highest BCUT2D eigenvalue weighted by Crippen LogP contribution is 2.26. The molecule has 0 aliphatic rings. The number of nitrogens with two attached hydrogens (primary N) is 1. The van der Waals surface area contributed by atoms with Gasteiger partial charge < -0.3 is 15.0 Å². The van der Waals surface area contributed by atoms with Crippen LogP contribution in [0.1, 0.15) is 17.3 Å². The van der Waals surface area contributed by atoms with Crippen LogP contribution in [0.25, 0.3) is 11.1 Å². The minimum atomic E-state index is -0.325. The Balaban J connectivity index is 2.51. The lowest BCUT2D eigenvalue weighted by atomic mass is 10.0. The van der Waals surface area contributed by atoms with Crippen LogP contribution in [0.2, 0.25) is 0 Å². The average molecular weight is 244 g/mol. The minimum absolute atomic E-state index is 0.325. The maximum atomic E-state index is 11.7. The molecule has 0 spiro atoms. The molecule has 1 heterocycles. The van der Waals surface area contributed by atoms with Gasteiger partial charge in [0.15, 0.2) is 0 Å². The molecule has 0 aliphatic heterocycles. The summed E-state index contributed by atoms with van der Waals surface area (Å²) in [6.45, 7) is 2.83. The van der Waals surface area contributed by atoms with E-state index >= 15 is 0 Å². The van der Waals surface area contributed by atoms with Gasteiger partial charge in [-0.1, -0.05) is 12.1 Å². The molecule has 2 aromatic rings. The van der Waals surface area contributed by atoms with E-state index in [1.807, 2.05) is 42.0 Å². The summed E-state index contributed by atoms with van der Waals surface area (Å²) in [4.78, 5) is 11.7. The molecule has 0 saturated heterocycles. The highest BCUT2D eigenvalue weighted by atomic mass is 16.5. The minimum Gasteiger partial charge on any atom is -0.465 e. The van der Waals surface area contributed by atoms with Crippen molar-refractivity contribution in [2.45, 2.75) is 13.5 Å². The second-order valence-corrected chi connectivity index (χ2v) is 4.03. The van der Waals surface area contributed by atoms with Crippen LogP contribution in [0.5, 0.6) is 0 Å². The molecule has 0 unspecified atom stereocenters. The standard InChI is InChI=1S/C14H16N2O2/c1-3-16-8-12(13(9-16)14(17)18-2)10-4-6-11(15)7-5-10/h4-9H,3,15H2,1-2H3. The van der Waals surface area contributed by atoms with Crippen LogP contribution in [-0.2, 0) is 11.3 Å². The Morgan fingerprint density at radius 1 is 1.28 bits per heavy atom. The summed E-state index contributed by atoms with van der Waals surface area (Å²) >= 11 is 0. The summed E-state index contributed by atoms with van der Waals surface area (Å²) < 4.78 is 6.76. The third-order valence-corrected chi connectivity index (χ3v) is 2.87. The summed E-state index contributed by atoms with van der Waals surface area (Å²) in [7, 11) is 1.39. The fourth-order valence-electron chi connectivity index (χ4n) is 1.86. The Kier molecular flexibility index (Phi) is 3.37. The third-order valence-electron chi connectivity index (χ3n) is 2.87. The van der Waals surface area contributed by atoms with E-state index in [0.29, 0.717) is 11.3 Å². The number of esters is 1. The number of hydrogen-bond acceptors (Lipinski definition) is 3. The third kappa shape index (κ3) is 2.22. The van der Waals surface area contributed by atoms with Crippen molar-refractivity contribution in [1.82, 2.24) is 4.57 Å². The molecular formula is C14H16N2O2. The molecule has 0 fully saturated rings. The van der Waals surface area contributed by atoms with Gasteiger partial charge in [0.25, 0.3) is 0 Å². The van der Waals surface area contributed by atoms with Crippen molar-refractivity contribution in [3.8, 4) is 11.1 Å². The molecule has 4 heteroatoms. The molecule has 4 nitrogen and oxygen atoms in total. The van der Waals surface area contributed by atoms with Gasteiger partial charge >= 0.3 is 5.97 Å². The van der Waals surface area contributed by atoms with Crippen molar-refractivity contribution in [2.75, 3.05) is 12.8 Å². The van der Waals surface area contributed by atoms with Crippen molar-refractivity contribution in [3.05, 3.63) is 42.2 Å². The van der Waals surface area contributed by atoms with Crippen molar-refractivity contribution in [3.63, 3.8) is 0 Å². The van der Waals surface area contributed by atoms with Gasteiger partial charge in [0.05, 0.1) is 12.7 Å². The first-order valence-electron chi connectivity index (χ1n) is 5.79. The number of rotatable bonds is 3. The lowest BCUT2D eigenvalue weighted by Crippen LogP contribution is -2.01. The zero-order valence-electron chi connectivity index (χ0n) is 10.5. The van der Waals surface area contributed by atoms with E-state index in [0.717, 1.165) is 17.7 Å². The van der Waals surface area contributed by atoms with Gasteiger partial charge in [0, 0.05) is 30.2 Å². The van der Waals surface area contributed by atoms with E-state index in [1.165, 1.54) is 7.11 Å². The van der Waals surface area contributed by atoms with Crippen LogP contribution in [-0.4, -0.2) is 17.6 Å². The van der Waals surface area contributed by atoms with Gasteiger partial charge in [-0.2, -0.15) is 0 Å². The molecule has 1 aromatic heterocycles. The van der Waals surface area contributed by atoms with Gasteiger partial charge in [0.2, 0.25) is 0 Å². The molecule has 0 atom stereocenters. The van der Waals surface area contributed by atoms with E-state index in [-0.39, 0.29) is 5.97 Å². The Morgan fingerprint density at radius 2 is 1.94 bits per heavy atom. The van der Waals surface area contributed by atoms with Crippen molar-refractivity contribution < 1.29 is 9.53 Å². The number of methoxy groups -OCH3 is 1. The van der Waals surface area contributed by atoms with Gasteiger partial charge in [0.1, 0.15) is 0 Å². The quantitative estimate of drug-likeness (QED) is 0.666. The molecule has 2 N–H and O–H groups in total. The highest BCUT2D eigenvalue weighted by molar-refractivity contribution is 5.97. The Labute approximate surface area is 106 Å². The first-order chi connectivity index (χ1) is 8.65. The predicted octanol–water partition coefficient (Wildman–Crippen LogP) is 2.54. The van der Waals surface area contributed by atoms with E-state index < -0.39 is 0 Å². The second kappa shape index (κ2) is 4.96. The highest BCUT2D eigenvalue weighted by Gasteiger charge is 2.15. The van der Waals surface area contributed by atoms with Crippen molar-refractivity contribution >= 4 is 11.7 Å². The number of carbonyl (C=O) groups is 1. The monoisotopic (exact) mass is 244 g/mol. The number of anilines is 1. The van der Waals surface area contributed by atoms with Gasteiger partial charge in [-0.15, -0.1) is 0 Å². The van der Waals surface area contributed by atoms with Crippen LogP contribution in [0.15, 0.2) is 36.7 Å². The normalized spacial score (nSPS) is 10.3. The van der Waals surface area contributed by atoms with Crippen LogP contribution in [0.4, 0.5) is 5.69 Å². The Morgan fingerprint density at radius 3 is 2.50 bits per heavy atom. The van der Waals surface area contributed by atoms with E-state index in [2.05, 4.69) is 0 Å². The largest absolute Gasteiger partial charge is 0.465 e. The van der Waals surface area contributed by atoms with Crippen molar-refractivity contribution in [2.24, 2.45) is 0 Å². The molecule has 2 rings (SSSR count). The maximum Gasteiger partial charge on any atom is 0.340 e. The molecule has 18 heavy (non-hydrogen) atoms. The number of nitrogen functional groups attached to an aromatic ring is 1. The molecule has 0 saturated carbocycles. The fourth-order valence-corrected chi connectivity index (χ4v) is 1.86. The van der Waals surface area contributed by atoms with E-state index in [1.54, 1.807) is 6.20 Å². The number of benzene rings is 1. The first-order valence-corrected chi connectivity index (χ1v) is 5.79. The summed E-state index contributed by atoms with van der Waals surface area (Å²) in [5.41, 5.74) is 8.76. The summed E-state index contributed by atoms with van der Waals surface area (Å²) in [6, 6.07) is 7.44. The first kappa shape index (κ1) is 12.2. The molecule has 0 bridgehead atoms. The predicted molar refractivity (Wildman–Crippen MR) is 71.3 cm³/mol. The molecule has 0 amide bonds. The topological polar surface area (TPSA) is 57.2 Å². The number of aromatic nitrogens is 1. The zero-order valence-corrected chi connectivity index (χ0v) is 10.5. The zero-order chi connectivity index (χ0) is 13.1. The number of nitrogens with zero attached hydrogens (tertiary/aromatic N) is 1. The Bertz CT molecular complexity index is 556. The van der Waals surface area contributed by atoms with Gasteiger partial charge in [-0.25, -0.2) is 4.79 Å². The van der Waals surface area contributed by atoms with E-state index in [4.69, 9.17) is 10.5 Å². The average Bonchev–Trinajstić information content (AvgIpc) is 2.83. The summed E-state index contributed by atoms with van der Waals surface area (Å²) in [5, 5.41) is 0.